The Bertz CT molecular complexity index is 897. The Kier molecular flexibility index (Phi) is 4.16. The molecule has 0 aliphatic heterocycles. The summed E-state index contributed by atoms with van der Waals surface area (Å²) >= 11 is 5.98. The number of amides is 1. The first-order chi connectivity index (χ1) is 11.2. The molecule has 6 nitrogen and oxygen atoms in total. The van der Waals surface area contributed by atoms with Gasteiger partial charge in [0.1, 0.15) is 5.52 Å². The molecular formula is C16H11ClN4O2. The molecule has 2 heterocycles. The summed E-state index contributed by atoms with van der Waals surface area (Å²) in [6.07, 6.45) is 6.06. The summed E-state index contributed by atoms with van der Waals surface area (Å²) in [5.74, 6) is -0.434. The van der Waals surface area contributed by atoms with Crippen molar-refractivity contribution in [3.8, 4) is 5.75 Å². The third-order valence-corrected chi connectivity index (χ3v) is 3.45. The van der Waals surface area contributed by atoms with Crippen LogP contribution in [-0.2, 0) is 0 Å². The highest BCUT2D eigenvalue weighted by Gasteiger charge is 2.10. The predicted octanol–water partition coefficient (Wildman–Crippen LogP) is 2.75. The molecule has 0 spiro atoms. The largest absolute Gasteiger partial charge is 0.504 e. The maximum Gasteiger partial charge on any atom is 0.271 e. The number of carbonyl (C=O) groups excluding carboxylic acids is 1. The molecule has 3 rings (SSSR count). The number of aromatic hydroxyl groups is 1. The van der Waals surface area contributed by atoms with Gasteiger partial charge in [-0.25, -0.2) is 5.43 Å². The van der Waals surface area contributed by atoms with E-state index in [1.165, 1.54) is 18.6 Å². The summed E-state index contributed by atoms with van der Waals surface area (Å²) in [6.45, 7) is 0. The third-order valence-electron chi connectivity index (χ3n) is 3.16. The van der Waals surface area contributed by atoms with Crippen LogP contribution in [0.3, 0.4) is 0 Å². The molecule has 0 saturated carbocycles. The standard InChI is InChI=1S/C16H11ClN4O2/c17-13-8-11(12-2-1-5-19-14(12)15(13)22)9-20-21-16(23)10-3-6-18-7-4-10/h1-9,22H,(H,21,23)/b20-9-. The first kappa shape index (κ1) is 14.9. The number of pyridine rings is 2. The van der Waals surface area contributed by atoms with Crippen LogP contribution < -0.4 is 5.43 Å². The number of halogens is 1. The van der Waals surface area contributed by atoms with E-state index >= 15 is 0 Å². The van der Waals surface area contributed by atoms with Crippen LogP contribution in [-0.4, -0.2) is 27.2 Å². The first-order valence-corrected chi connectivity index (χ1v) is 7.04. The van der Waals surface area contributed by atoms with Crippen molar-refractivity contribution in [2.24, 2.45) is 5.10 Å². The molecule has 23 heavy (non-hydrogen) atoms. The van der Waals surface area contributed by atoms with E-state index in [-0.39, 0.29) is 16.7 Å². The van der Waals surface area contributed by atoms with Crippen LogP contribution in [0, 0.1) is 0 Å². The Balaban J connectivity index is 1.87. The van der Waals surface area contributed by atoms with Gasteiger partial charge in [-0.05, 0) is 24.3 Å². The second kappa shape index (κ2) is 6.41. The van der Waals surface area contributed by atoms with E-state index < -0.39 is 0 Å². The second-order valence-corrected chi connectivity index (χ2v) is 5.04. The Morgan fingerprint density at radius 3 is 2.83 bits per heavy atom. The van der Waals surface area contributed by atoms with Gasteiger partial charge in [-0.3, -0.25) is 14.8 Å². The summed E-state index contributed by atoms with van der Waals surface area (Å²) in [6, 6.07) is 8.25. The lowest BCUT2D eigenvalue weighted by molar-refractivity contribution is 0.0955. The van der Waals surface area contributed by atoms with Crippen molar-refractivity contribution in [1.29, 1.82) is 0 Å². The molecule has 2 N–H and O–H groups in total. The number of hydrogen-bond acceptors (Lipinski definition) is 5. The molecule has 0 unspecified atom stereocenters. The molecule has 0 aliphatic carbocycles. The molecule has 0 fully saturated rings. The Morgan fingerprint density at radius 2 is 2.04 bits per heavy atom. The zero-order chi connectivity index (χ0) is 16.2. The fraction of sp³-hybridized carbons (Fsp3) is 0. The number of rotatable bonds is 3. The van der Waals surface area contributed by atoms with Crippen molar-refractivity contribution in [2.45, 2.75) is 0 Å². The molecule has 0 bridgehead atoms. The smallest absolute Gasteiger partial charge is 0.271 e. The van der Waals surface area contributed by atoms with Crippen molar-refractivity contribution in [2.75, 3.05) is 0 Å². The van der Waals surface area contributed by atoms with Gasteiger partial charge in [0, 0.05) is 35.1 Å². The van der Waals surface area contributed by atoms with Crippen LogP contribution >= 0.6 is 11.6 Å². The van der Waals surface area contributed by atoms with Crippen molar-refractivity contribution < 1.29 is 9.90 Å². The molecule has 1 amide bonds. The zero-order valence-corrected chi connectivity index (χ0v) is 12.5. The summed E-state index contributed by atoms with van der Waals surface area (Å²) in [5.41, 5.74) is 3.88. The number of hydrogen-bond donors (Lipinski definition) is 2. The molecule has 0 aliphatic rings. The van der Waals surface area contributed by atoms with Gasteiger partial charge in [-0.2, -0.15) is 5.10 Å². The van der Waals surface area contributed by atoms with Gasteiger partial charge in [0.25, 0.3) is 5.91 Å². The number of phenols is 1. The van der Waals surface area contributed by atoms with Gasteiger partial charge in [0.05, 0.1) is 11.2 Å². The van der Waals surface area contributed by atoms with Gasteiger partial charge >= 0.3 is 0 Å². The normalized spacial score (nSPS) is 11.0. The molecule has 0 atom stereocenters. The lowest BCUT2D eigenvalue weighted by Gasteiger charge is -2.05. The third kappa shape index (κ3) is 3.12. The van der Waals surface area contributed by atoms with E-state index in [9.17, 15) is 9.90 Å². The Labute approximate surface area is 136 Å². The lowest BCUT2D eigenvalue weighted by Crippen LogP contribution is -2.17. The summed E-state index contributed by atoms with van der Waals surface area (Å²) in [7, 11) is 0. The fourth-order valence-electron chi connectivity index (χ4n) is 2.06. The topological polar surface area (TPSA) is 87.5 Å². The van der Waals surface area contributed by atoms with Gasteiger partial charge in [-0.15, -0.1) is 0 Å². The number of nitrogens with zero attached hydrogens (tertiary/aromatic N) is 3. The van der Waals surface area contributed by atoms with Crippen molar-refractivity contribution in [1.82, 2.24) is 15.4 Å². The highest BCUT2D eigenvalue weighted by atomic mass is 35.5. The molecule has 1 aromatic carbocycles. The van der Waals surface area contributed by atoms with Crippen LogP contribution in [0.1, 0.15) is 15.9 Å². The molecular weight excluding hydrogens is 316 g/mol. The molecule has 114 valence electrons. The van der Waals surface area contributed by atoms with Crippen LogP contribution in [0.25, 0.3) is 10.9 Å². The minimum absolute atomic E-state index is 0.0831. The van der Waals surface area contributed by atoms with E-state index in [1.807, 2.05) is 0 Å². The summed E-state index contributed by atoms with van der Waals surface area (Å²) in [5, 5.41) is 14.7. The maximum absolute atomic E-state index is 11.9. The monoisotopic (exact) mass is 326 g/mol. The van der Waals surface area contributed by atoms with Crippen molar-refractivity contribution in [3.05, 3.63) is 65.1 Å². The van der Waals surface area contributed by atoms with E-state index in [2.05, 4.69) is 20.5 Å². The highest BCUT2D eigenvalue weighted by Crippen LogP contribution is 2.32. The molecule has 0 saturated heterocycles. The average Bonchev–Trinajstić information content (AvgIpc) is 2.60. The highest BCUT2D eigenvalue weighted by molar-refractivity contribution is 6.33. The van der Waals surface area contributed by atoms with Gasteiger partial charge in [-0.1, -0.05) is 17.7 Å². The molecule has 2 aromatic heterocycles. The quantitative estimate of drug-likeness (QED) is 0.572. The Morgan fingerprint density at radius 1 is 1.26 bits per heavy atom. The first-order valence-electron chi connectivity index (χ1n) is 6.66. The van der Waals surface area contributed by atoms with Crippen molar-refractivity contribution >= 4 is 34.6 Å². The molecule has 3 aromatic rings. The maximum atomic E-state index is 11.9. The van der Waals surface area contributed by atoms with E-state index in [4.69, 9.17) is 11.6 Å². The van der Waals surface area contributed by atoms with Gasteiger partial charge in [0.15, 0.2) is 5.75 Å². The predicted molar refractivity (Wildman–Crippen MR) is 87.7 cm³/mol. The zero-order valence-electron chi connectivity index (χ0n) is 11.8. The van der Waals surface area contributed by atoms with Gasteiger partial charge in [0.2, 0.25) is 0 Å². The van der Waals surface area contributed by atoms with E-state index in [1.54, 1.807) is 36.5 Å². The van der Waals surface area contributed by atoms with Crippen molar-refractivity contribution in [3.63, 3.8) is 0 Å². The average molecular weight is 327 g/mol. The fourth-order valence-corrected chi connectivity index (χ4v) is 2.26. The molecule has 0 radical (unpaired) electrons. The SMILES string of the molecule is O=C(N/N=C\c1cc(Cl)c(O)c2ncccc12)c1ccncc1. The van der Waals surface area contributed by atoms with E-state index in [0.717, 1.165) is 0 Å². The number of aromatic nitrogens is 2. The second-order valence-electron chi connectivity index (χ2n) is 4.63. The van der Waals surface area contributed by atoms with Crippen LogP contribution in [0.5, 0.6) is 5.75 Å². The number of nitrogens with one attached hydrogen (secondary N) is 1. The van der Waals surface area contributed by atoms with E-state index in [0.29, 0.717) is 22.0 Å². The van der Waals surface area contributed by atoms with Crippen LogP contribution in [0.15, 0.2) is 54.0 Å². The summed E-state index contributed by atoms with van der Waals surface area (Å²) < 4.78 is 0. The minimum atomic E-state index is -0.351. The lowest BCUT2D eigenvalue weighted by atomic mass is 10.1. The number of fused-ring (bicyclic) bond motifs is 1. The summed E-state index contributed by atoms with van der Waals surface area (Å²) in [4.78, 5) is 19.8. The number of carbonyl (C=O) groups is 1. The minimum Gasteiger partial charge on any atom is -0.504 e. The number of hydrazone groups is 1. The van der Waals surface area contributed by atoms with Crippen LogP contribution in [0.2, 0.25) is 5.02 Å². The number of phenolic OH excluding ortho intramolecular Hbond substituents is 1. The Hall–Kier alpha value is -2.99. The number of benzene rings is 1. The molecule has 7 heteroatoms. The van der Waals surface area contributed by atoms with Gasteiger partial charge < -0.3 is 5.11 Å². The van der Waals surface area contributed by atoms with Crippen LogP contribution in [0.4, 0.5) is 0 Å².